The second-order valence-corrected chi connectivity index (χ2v) is 4.21. The minimum atomic E-state index is -1.13. The predicted octanol–water partition coefficient (Wildman–Crippen LogP) is -1.08. The minimum Gasteiger partial charge on any atom is -0.478 e. The second-order valence-electron chi connectivity index (χ2n) is 4.21. The van der Waals surface area contributed by atoms with E-state index in [9.17, 15) is 9.59 Å². The molecule has 0 rings (SSSR count). The first kappa shape index (κ1) is 18.6. The standard InChI is InChI=1S/C13H26N4O3/c1-2-5-14-6-7-15-8-9-16-10-11-17-12(18)3-4-13(19)20/h3-4,14-16H,2,5-11H2,1H3,(H,17,18)(H,19,20)/b4-3+. The van der Waals surface area contributed by atoms with Gasteiger partial charge in [0.2, 0.25) is 5.91 Å². The highest BCUT2D eigenvalue weighted by Crippen LogP contribution is 1.73. The van der Waals surface area contributed by atoms with Gasteiger partial charge in [0.25, 0.3) is 0 Å². The quantitative estimate of drug-likeness (QED) is 0.218. The van der Waals surface area contributed by atoms with Crippen LogP contribution < -0.4 is 21.3 Å². The number of nitrogens with one attached hydrogen (secondary N) is 4. The molecule has 0 aromatic carbocycles. The fourth-order valence-electron chi connectivity index (χ4n) is 1.39. The van der Waals surface area contributed by atoms with Crippen LogP contribution >= 0.6 is 0 Å². The molecule has 7 nitrogen and oxygen atoms in total. The molecule has 1 amide bonds. The molecule has 0 unspecified atom stereocenters. The van der Waals surface area contributed by atoms with Gasteiger partial charge < -0.3 is 26.4 Å². The lowest BCUT2D eigenvalue weighted by Gasteiger charge is -2.07. The molecule has 0 aliphatic heterocycles. The summed E-state index contributed by atoms with van der Waals surface area (Å²) in [5.74, 6) is -1.52. The Hall–Kier alpha value is -1.44. The maximum Gasteiger partial charge on any atom is 0.328 e. The Morgan fingerprint density at radius 2 is 1.35 bits per heavy atom. The number of carboxylic acid groups (broad SMARTS) is 1. The largest absolute Gasteiger partial charge is 0.478 e. The van der Waals surface area contributed by atoms with Gasteiger partial charge in [-0.25, -0.2) is 4.79 Å². The van der Waals surface area contributed by atoms with Crippen LogP contribution in [0.15, 0.2) is 12.2 Å². The second kappa shape index (κ2) is 14.0. The lowest BCUT2D eigenvalue weighted by molar-refractivity contribution is -0.131. The van der Waals surface area contributed by atoms with Gasteiger partial charge in [-0.05, 0) is 13.0 Å². The molecule has 0 aromatic rings. The third kappa shape index (κ3) is 14.6. The molecule has 116 valence electrons. The molecule has 7 heteroatoms. The number of carboxylic acids is 1. The van der Waals surface area contributed by atoms with Crippen LogP contribution in [0.3, 0.4) is 0 Å². The van der Waals surface area contributed by atoms with E-state index >= 15 is 0 Å². The van der Waals surface area contributed by atoms with Gasteiger partial charge in [0.15, 0.2) is 0 Å². The highest BCUT2D eigenvalue weighted by molar-refractivity contribution is 5.93. The molecular weight excluding hydrogens is 260 g/mol. The van der Waals surface area contributed by atoms with Crippen LogP contribution in [0.25, 0.3) is 0 Å². The van der Waals surface area contributed by atoms with Gasteiger partial charge in [-0.3, -0.25) is 4.79 Å². The van der Waals surface area contributed by atoms with E-state index in [1.54, 1.807) is 0 Å². The molecule has 5 N–H and O–H groups in total. The van der Waals surface area contributed by atoms with Crippen molar-refractivity contribution in [3.05, 3.63) is 12.2 Å². The molecule has 0 aliphatic carbocycles. The summed E-state index contributed by atoms with van der Waals surface area (Å²) in [5, 5.41) is 20.7. The average molecular weight is 286 g/mol. The zero-order valence-corrected chi connectivity index (χ0v) is 12.1. The topological polar surface area (TPSA) is 102 Å². The summed E-state index contributed by atoms with van der Waals surface area (Å²) in [7, 11) is 0. The van der Waals surface area contributed by atoms with Crippen LogP contribution in [-0.2, 0) is 9.59 Å². The van der Waals surface area contributed by atoms with Gasteiger partial charge in [0.05, 0.1) is 0 Å². The van der Waals surface area contributed by atoms with Gasteiger partial charge in [0, 0.05) is 51.4 Å². The van der Waals surface area contributed by atoms with E-state index in [0.29, 0.717) is 13.1 Å². The van der Waals surface area contributed by atoms with E-state index in [2.05, 4.69) is 28.2 Å². The SMILES string of the molecule is CCCNCCNCCNCCNC(=O)/C=C/C(=O)O. The first-order valence-corrected chi connectivity index (χ1v) is 6.97. The van der Waals surface area contributed by atoms with Crippen molar-refractivity contribution in [1.29, 1.82) is 0 Å². The number of aliphatic carboxylic acids is 1. The maximum absolute atomic E-state index is 11.1. The molecule has 0 saturated heterocycles. The van der Waals surface area contributed by atoms with Gasteiger partial charge in [-0.1, -0.05) is 6.92 Å². The van der Waals surface area contributed by atoms with Crippen molar-refractivity contribution in [1.82, 2.24) is 21.3 Å². The summed E-state index contributed by atoms with van der Waals surface area (Å²) in [6, 6.07) is 0. The van der Waals surface area contributed by atoms with Crippen LogP contribution in [0.2, 0.25) is 0 Å². The molecule has 0 bridgehead atoms. The molecule has 0 aromatic heterocycles. The number of hydrogen-bond donors (Lipinski definition) is 5. The van der Waals surface area contributed by atoms with Gasteiger partial charge in [-0.2, -0.15) is 0 Å². The first-order chi connectivity index (χ1) is 9.66. The normalized spacial score (nSPS) is 10.8. The highest BCUT2D eigenvalue weighted by Gasteiger charge is 1.95. The molecule has 0 fully saturated rings. The summed E-state index contributed by atoms with van der Waals surface area (Å²) in [4.78, 5) is 21.3. The summed E-state index contributed by atoms with van der Waals surface area (Å²) in [5.41, 5.74) is 0. The van der Waals surface area contributed by atoms with E-state index in [4.69, 9.17) is 5.11 Å². The van der Waals surface area contributed by atoms with Crippen molar-refractivity contribution in [2.45, 2.75) is 13.3 Å². The van der Waals surface area contributed by atoms with E-state index in [0.717, 1.165) is 51.3 Å². The Kier molecular flexibility index (Phi) is 13.0. The Morgan fingerprint density at radius 3 is 1.85 bits per heavy atom. The Bertz CT molecular complexity index is 295. The number of carbonyl (C=O) groups excluding carboxylic acids is 1. The summed E-state index contributed by atoms with van der Waals surface area (Å²) < 4.78 is 0. The van der Waals surface area contributed by atoms with Crippen LogP contribution in [0.4, 0.5) is 0 Å². The van der Waals surface area contributed by atoms with E-state index < -0.39 is 11.9 Å². The van der Waals surface area contributed by atoms with Crippen molar-refractivity contribution < 1.29 is 14.7 Å². The summed E-state index contributed by atoms with van der Waals surface area (Å²) >= 11 is 0. The monoisotopic (exact) mass is 286 g/mol. The zero-order chi connectivity index (χ0) is 15.1. The molecule has 0 saturated carbocycles. The Labute approximate surface area is 120 Å². The smallest absolute Gasteiger partial charge is 0.328 e. The highest BCUT2D eigenvalue weighted by atomic mass is 16.4. The number of rotatable bonds is 13. The van der Waals surface area contributed by atoms with Crippen LogP contribution in [0.5, 0.6) is 0 Å². The lowest BCUT2D eigenvalue weighted by Crippen LogP contribution is -2.36. The molecule has 0 aliphatic rings. The van der Waals surface area contributed by atoms with Crippen molar-refractivity contribution in [3.8, 4) is 0 Å². The van der Waals surface area contributed by atoms with Gasteiger partial charge in [0.1, 0.15) is 0 Å². The number of amides is 1. The van der Waals surface area contributed by atoms with E-state index in [1.165, 1.54) is 0 Å². The fourth-order valence-corrected chi connectivity index (χ4v) is 1.39. The molecule has 0 heterocycles. The van der Waals surface area contributed by atoms with Crippen molar-refractivity contribution in [2.24, 2.45) is 0 Å². The van der Waals surface area contributed by atoms with Crippen molar-refractivity contribution >= 4 is 11.9 Å². The zero-order valence-electron chi connectivity index (χ0n) is 12.1. The number of carbonyl (C=O) groups is 2. The Balaban J connectivity index is 3.20. The summed E-state index contributed by atoms with van der Waals surface area (Å²) in [6.07, 6.45) is 2.97. The average Bonchev–Trinajstić information content (AvgIpc) is 2.42. The fraction of sp³-hybridized carbons (Fsp3) is 0.692. The molecule has 20 heavy (non-hydrogen) atoms. The van der Waals surface area contributed by atoms with Gasteiger partial charge >= 0.3 is 5.97 Å². The van der Waals surface area contributed by atoms with Gasteiger partial charge in [-0.15, -0.1) is 0 Å². The van der Waals surface area contributed by atoms with Crippen LogP contribution in [0.1, 0.15) is 13.3 Å². The van der Waals surface area contributed by atoms with E-state index in [1.807, 2.05) is 0 Å². The molecule has 0 radical (unpaired) electrons. The van der Waals surface area contributed by atoms with E-state index in [-0.39, 0.29) is 0 Å². The lowest BCUT2D eigenvalue weighted by atomic mass is 10.4. The van der Waals surface area contributed by atoms with Crippen LogP contribution in [0, 0.1) is 0 Å². The van der Waals surface area contributed by atoms with Crippen molar-refractivity contribution in [3.63, 3.8) is 0 Å². The molecule has 0 spiro atoms. The first-order valence-electron chi connectivity index (χ1n) is 6.97. The van der Waals surface area contributed by atoms with Crippen LogP contribution in [-0.4, -0.2) is 62.8 Å². The summed E-state index contributed by atoms with van der Waals surface area (Å²) in [6.45, 7) is 7.94. The predicted molar refractivity (Wildman–Crippen MR) is 78.7 cm³/mol. The molecule has 0 atom stereocenters. The third-order valence-corrected chi connectivity index (χ3v) is 2.36. The third-order valence-electron chi connectivity index (χ3n) is 2.36. The molecular formula is C13H26N4O3. The maximum atomic E-state index is 11.1. The minimum absolute atomic E-state index is 0.394. The number of hydrogen-bond acceptors (Lipinski definition) is 5. The Morgan fingerprint density at radius 1 is 0.850 bits per heavy atom. The van der Waals surface area contributed by atoms with Crippen molar-refractivity contribution in [2.75, 3.05) is 45.8 Å².